The monoisotopic (exact) mass is 307 g/mol. The molecule has 0 radical (unpaired) electrons. The first-order valence-electron chi connectivity index (χ1n) is 4.55. The highest BCUT2D eigenvalue weighted by Crippen LogP contribution is 2.21. The van der Waals surface area contributed by atoms with E-state index in [0.29, 0.717) is 0 Å². The third-order valence-electron chi connectivity index (χ3n) is 2.10. The van der Waals surface area contributed by atoms with Gasteiger partial charge in [-0.1, -0.05) is 0 Å². The van der Waals surface area contributed by atoms with Crippen LogP contribution in [0.3, 0.4) is 0 Å². The highest BCUT2D eigenvalue weighted by Gasteiger charge is 2.16. The number of ether oxygens (including phenoxy) is 2. The average Bonchev–Trinajstić information content (AvgIpc) is 2.20. The molecule has 1 aliphatic rings. The van der Waals surface area contributed by atoms with Crippen LogP contribution in [0.4, 0.5) is 0 Å². The van der Waals surface area contributed by atoms with Crippen molar-refractivity contribution in [1.29, 1.82) is 0 Å². The Labute approximate surface area is 101 Å². The fraction of sp³-hybridized carbons (Fsp3) is 0.500. The molecule has 0 unspecified atom stereocenters. The van der Waals surface area contributed by atoms with Crippen LogP contribution in [0.1, 0.15) is 18.3 Å². The summed E-state index contributed by atoms with van der Waals surface area (Å²) in [6.07, 6.45) is 4.83. The van der Waals surface area contributed by atoms with Gasteiger partial charge in [0.25, 0.3) is 0 Å². The summed E-state index contributed by atoms with van der Waals surface area (Å²) in [5.74, 6) is 0. The molecule has 4 heteroatoms. The molecule has 0 aliphatic carbocycles. The Kier molecular flexibility index (Phi) is 4.77. The molecule has 0 aromatic carbocycles. The Bertz CT molecular complexity index is 270. The molecule has 1 fully saturated rings. The zero-order valence-corrected chi connectivity index (χ0v) is 10.3. The summed E-state index contributed by atoms with van der Waals surface area (Å²) in [6.45, 7) is 1.59. The molecular weight excluding hydrogens is 293 g/mol. The predicted molar refractivity (Wildman–Crippen MR) is 46.9 cm³/mol. The number of aryl methyl sites for hydroxylation is 1. The molecule has 1 aliphatic heterocycles. The molecule has 0 spiro atoms. The van der Waals surface area contributed by atoms with Gasteiger partial charge in [0, 0.05) is 17.7 Å². The van der Waals surface area contributed by atoms with E-state index in [1.807, 2.05) is 36.1 Å². The quantitative estimate of drug-likeness (QED) is 0.440. The molecule has 1 aromatic rings. The molecule has 78 valence electrons. The molecule has 0 saturated carbocycles. The van der Waals surface area contributed by atoms with Gasteiger partial charge in [-0.3, -0.25) is 0 Å². The summed E-state index contributed by atoms with van der Waals surface area (Å²) in [5, 5.41) is 0. The molecule has 0 amide bonds. The molecule has 0 atom stereocenters. The summed E-state index contributed by atoms with van der Waals surface area (Å²) in [5.41, 5.74) is 1.10. The fourth-order valence-electron chi connectivity index (χ4n) is 1.35. The second-order valence-electron chi connectivity index (χ2n) is 3.22. The lowest BCUT2D eigenvalue weighted by Crippen LogP contribution is -3.00. The van der Waals surface area contributed by atoms with Gasteiger partial charge in [-0.05, 0) is 6.42 Å². The van der Waals surface area contributed by atoms with Gasteiger partial charge in [-0.15, -0.1) is 0 Å². The minimum Gasteiger partial charge on any atom is -1.00 e. The van der Waals surface area contributed by atoms with Gasteiger partial charge in [-0.25, -0.2) is 4.57 Å². The van der Waals surface area contributed by atoms with Crippen molar-refractivity contribution >= 4 is 0 Å². The van der Waals surface area contributed by atoms with Gasteiger partial charge in [0.15, 0.2) is 18.7 Å². The summed E-state index contributed by atoms with van der Waals surface area (Å²) < 4.78 is 12.9. The molecule has 2 rings (SSSR count). The van der Waals surface area contributed by atoms with E-state index in [4.69, 9.17) is 9.47 Å². The van der Waals surface area contributed by atoms with Crippen LogP contribution in [0.15, 0.2) is 24.5 Å². The van der Waals surface area contributed by atoms with Gasteiger partial charge >= 0.3 is 0 Å². The molecule has 0 bridgehead atoms. The van der Waals surface area contributed by atoms with Crippen LogP contribution in [0.5, 0.6) is 0 Å². The number of rotatable bonds is 1. The first-order chi connectivity index (χ1) is 6.36. The lowest BCUT2D eigenvalue weighted by atomic mass is 10.2. The van der Waals surface area contributed by atoms with Crippen LogP contribution in [-0.2, 0) is 16.5 Å². The van der Waals surface area contributed by atoms with Gasteiger partial charge in [0.2, 0.25) is 0 Å². The van der Waals surface area contributed by atoms with E-state index in [2.05, 4.69) is 0 Å². The first kappa shape index (κ1) is 11.9. The normalized spacial score (nSPS) is 17.5. The van der Waals surface area contributed by atoms with Crippen molar-refractivity contribution < 1.29 is 38.0 Å². The zero-order chi connectivity index (χ0) is 9.10. The summed E-state index contributed by atoms with van der Waals surface area (Å²) in [4.78, 5) is 0. The number of halogens is 1. The fourth-order valence-corrected chi connectivity index (χ4v) is 1.35. The van der Waals surface area contributed by atoms with E-state index in [1.54, 1.807) is 0 Å². The minimum atomic E-state index is -0.157. The van der Waals surface area contributed by atoms with Crippen molar-refractivity contribution in [3.8, 4) is 0 Å². The maximum atomic E-state index is 5.47. The molecule has 1 saturated heterocycles. The number of pyridine rings is 1. The smallest absolute Gasteiger partial charge is 0.184 e. The van der Waals surface area contributed by atoms with Gasteiger partial charge in [-0.2, -0.15) is 0 Å². The Balaban J connectivity index is 0.000000980. The lowest BCUT2D eigenvalue weighted by molar-refractivity contribution is -0.671. The molecule has 1 aromatic heterocycles. The van der Waals surface area contributed by atoms with Crippen molar-refractivity contribution in [1.82, 2.24) is 0 Å². The van der Waals surface area contributed by atoms with E-state index in [1.165, 1.54) is 0 Å². The standard InChI is InChI=1S/C10H14NO2.HI/c1-11-5-3-9(4-6-11)10-12-7-2-8-13-10;/h3-6,10H,2,7-8H2,1H3;1H/q+1;/p-1. The number of aromatic nitrogens is 1. The van der Waals surface area contributed by atoms with Gasteiger partial charge < -0.3 is 33.5 Å². The maximum absolute atomic E-state index is 5.47. The van der Waals surface area contributed by atoms with Crippen LogP contribution >= 0.6 is 0 Å². The van der Waals surface area contributed by atoms with Crippen molar-refractivity contribution in [3.05, 3.63) is 30.1 Å². The zero-order valence-electron chi connectivity index (χ0n) is 8.15. The highest BCUT2D eigenvalue weighted by atomic mass is 127. The highest BCUT2D eigenvalue weighted by molar-refractivity contribution is 5.09. The van der Waals surface area contributed by atoms with E-state index >= 15 is 0 Å². The molecule has 0 N–H and O–H groups in total. The van der Waals surface area contributed by atoms with Crippen LogP contribution < -0.4 is 28.5 Å². The molecule has 2 heterocycles. The summed E-state index contributed by atoms with van der Waals surface area (Å²) >= 11 is 0. The molecule has 14 heavy (non-hydrogen) atoms. The first-order valence-corrected chi connectivity index (χ1v) is 4.55. The van der Waals surface area contributed by atoms with Crippen LogP contribution in [0.25, 0.3) is 0 Å². The summed E-state index contributed by atoms with van der Waals surface area (Å²) in [7, 11) is 1.99. The van der Waals surface area contributed by atoms with E-state index in [9.17, 15) is 0 Å². The van der Waals surface area contributed by atoms with E-state index in [0.717, 1.165) is 25.2 Å². The number of hydrogen-bond donors (Lipinski definition) is 0. The Hall–Kier alpha value is -0.200. The van der Waals surface area contributed by atoms with Crippen LogP contribution in [0, 0.1) is 0 Å². The average molecular weight is 307 g/mol. The summed E-state index contributed by atoms with van der Waals surface area (Å²) in [6, 6.07) is 4.05. The van der Waals surface area contributed by atoms with Crippen molar-refractivity contribution in [2.24, 2.45) is 7.05 Å². The van der Waals surface area contributed by atoms with Gasteiger partial charge in [0.05, 0.1) is 13.2 Å². The predicted octanol–water partition coefficient (Wildman–Crippen LogP) is -2.05. The van der Waals surface area contributed by atoms with Crippen molar-refractivity contribution in [3.63, 3.8) is 0 Å². The van der Waals surface area contributed by atoms with Crippen LogP contribution in [0.2, 0.25) is 0 Å². The minimum absolute atomic E-state index is 0. The Morgan fingerprint density at radius 2 is 1.79 bits per heavy atom. The maximum Gasteiger partial charge on any atom is 0.184 e. The molecular formula is C10H14INO2. The number of nitrogens with zero attached hydrogens (tertiary/aromatic N) is 1. The lowest BCUT2D eigenvalue weighted by Gasteiger charge is -2.22. The van der Waals surface area contributed by atoms with E-state index in [-0.39, 0.29) is 30.3 Å². The largest absolute Gasteiger partial charge is 1.00 e. The Morgan fingerprint density at radius 3 is 2.36 bits per heavy atom. The topological polar surface area (TPSA) is 22.3 Å². The van der Waals surface area contributed by atoms with Crippen molar-refractivity contribution in [2.75, 3.05) is 13.2 Å². The SMILES string of the molecule is C[n+]1ccc(C2OCCCO2)cc1.[I-]. The molecule has 3 nitrogen and oxygen atoms in total. The second kappa shape index (κ2) is 5.63. The van der Waals surface area contributed by atoms with Gasteiger partial charge in [0.1, 0.15) is 7.05 Å². The third kappa shape index (κ3) is 2.90. The Morgan fingerprint density at radius 1 is 1.21 bits per heavy atom. The third-order valence-corrected chi connectivity index (χ3v) is 2.10. The van der Waals surface area contributed by atoms with E-state index < -0.39 is 0 Å². The van der Waals surface area contributed by atoms with Crippen LogP contribution in [-0.4, -0.2) is 13.2 Å². The number of hydrogen-bond acceptors (Lipinski definition) is 2. The van der Waals surface area contributed by atoms with Crippen molar-refractivity contribution in [2.45, 2.75) is 12.7 Å². The second-order valence-corrected chi connectivity index (χ2v) is 3.22.